The second-order valence-corrected chi connectivity index (χ2v) is 8.04. The first-order valence-electron chi connectivity index (χ1n) is 7.67. The van der Waals surface area contributed by atoms with Crippen molar-refractivity contribution in [2.75, 3.05) is 29.5 Å². The van der Waals surface area contributed by atoms with Crippen molar-refractivity contribution in [1.29, 1.82) is 0 Å². The Morgan fingerprint density at radius 2 is 1.95 bits per heavy atom. The Morgan fingerprint density at radius 3 is 2.55 bits per heavy atom. The van der Waals surface area contributed by atoms with Crippen LogP contribution in [0, 0.1) is 0 Å². The number of thioether (sulfide) groups is 1. The predicted molar refractivity (Wildman–Crippen MR) is 92.3 cm³/mol. The van der Waals surface area contributed by atoms with Crippen molar-refractivity contribution < 1.29 is 0 Å². The molecule has 5 heteroatoms. The molecule has 2 heterocycles. The highest BCUT2D eigenvalue weighted by Crippen LogP contribution is 2.33. The van der Waals surface area contributed by atoms with Gasteiger partial charge >= 0.3 is 0 Å². The van der Waals surface area contributed by atoms with Gasteiger partial charge in [-0.1, -0.05) is 27.7 Å². The van der Waals surface area contributed by atoms with Gasteiger partial charge in [-0.15, -0.1) is 11.3 Å². The Bertz CT molecular complexity index is 411. The van der Waals surface area contributed by atoms with Crippen LogP contribution in [0.4, 0.5) is 5.13 Å². The summed E-state index contributed by atoms with van der Waals surface area (Å²) in [7, 11) is 0. The van der Waals surface area contributed by atoms with Crippen LogP contribution in [0.3, 0.4) is 0 Å². The minimum atomic E-state index is 0.525. The number of aromatic nitrogens is 1. The lowest BCUT2D eigenvalue weighted by Crippen LogP contribution is -2.32. The Hall–Kier alpha value is -0.260. The molecule has 1 saturated heterocycles. The fraction of sp³-hybridized carbons (Fsp3) is 0.800. The van der Waals surface area contributed by atoms with Gasteiger partial charge in [-0.3, -0.25) is 0 Å². The third-order valence-electron chi connectivity index (χ3n) is 3.75. The first kappa shape index (κ1) is 16.1. The average Bonchev–Trinajstić information content (AvgIpc) is 2.89. The van der Waals surface area contributed by atoms with E-state index in [1.807, 2.05) is 11.3 Å². The van der Waals surface area contributed by atoms with Crippen molar-refractivity contribution >= 4 is 28.2 Å². The van der Waals surface area contributed by atoms with Gasteiger partial charge in [-0.25, -0.2) is 4.98 Å². The molecular formula is C15H27N3S2. The molecule has 0 radical (unpaired) electrons. The van der Waals surface area contributed by atoms with Gasteiger partial charge < -0.3 is 10.2 Å². The van der Waals surface area contributed by atoms with Crippen LogP contribution in [0.25, 0.3) is 0 Å². The highest BCUT2D eigenvalue weighted by Gasteiger charge is 2.20. The van der Waals surface area contributed by atoms with E-state index in [1.165, 1.54) is 27.2 Å². The first-order chi connectivity index (χ1) is 9.61. The van der Waals surface area contributed by atoms with Gasteiger partial charge in [0.05, 0.1) is 5.69 Å². The third-order valence-corrected chi connectivity index (χ3v) is 5.82. The van der Waals surface area contributed by atoms with Crippen molar-refractivity contribution in [1.82, 2.24) is 10.3 Å². The molecule has 0 aromatic carbocycles. The van der Waals surface area contributed by atoms with Gasteiger partial charge in [0.25, 0.3) is 0 Å². The van der Waals surface area contributed by atoms with Gasteiger partial charge in [0.15, 0.2) is 5.13 Å². The monoisotopic (exact) mass is 313 g/mol. The smallest absolute Gasteiger partial charge is 0.185 e. The summed E-state index contributed by atoms with van der Waals surface area (Å²) < 4.78 is 0. The second kappa shape index (κ2) is 7.66. The van der Waals surface area contributed by atoms with Crippen LogP contribution < -0.4 is 10.2 Å². The Labute approximate surface area is 131 Å². The van der Waals surface area contributed by atoms with Crippen LogP contribution in [0.2, 0.25) is 0 Å². The lowest BCUT2D eigenvalue weighted by molar-refractivity contribution is 0.584. The second-order valence-electron chi connectivity index (χ2n) is 5.75. The molecule has 1 atom stereocenters. The highest BCUT2D eigenvalue weighted by molar-refractivity contribution is 7.99. The summed E-state index contributed by atoms with van der Waals surface area (Å²) in [4.78, 5) is 8.87. The van der Waals surface area contributed by atoms with E-state index in [4.69, 9.17) is 4.98 Å². The van der Waals surface area contributed by atoms with E-state index in [1.54, 1.807) is 0 Å². The van der Waals surface area contributed by atoms with Gasteiger partial charge in [0.2, 0.25) is 0 Å². The minimum Gasteiger partial charge on any atom is -0.346 e. The number of nitrogens with one attached hydrogen (secondary N) is 1. The molecule has 3 nitrogen and oxygen atoms in total. The van der Waals surface area contributed by atoms with E-state index >= 15 is 0 Å². The summed E-state index contributed by atoms with van der Waals surface area (Å²) in [6.07, 6.45) is 1.16. The summed E-state index contributed by atoms with van der Waals surface area (Å²) in [6, 6.07) is 0.525. The topological polar surface area (TPSA) is 28.2 Å². The molecule has 2 rings (SSSR count). The van der Waals surface area contributed by atoms with Gasteiger partial charge in [-0.05, 0) is 12.3 Å². The average molecular weight is 314 g/mol. The van der Waals surface area contributed by atoms with E-state index < -0.39 is 0 Å². The molecule has 0 spiro atoms. The molecule has 0 saturated carbocycles. The van der Waals surface area contributed by atoms with Crippen LogP contribution in [-0.4, -0.2) is 35.6 Å². The minimum absolute atomic E-state index is 0.525. The van der Waals surface area contributed by atoms with Gasteiger partial charge in [0.1, 0.15) is 0 Å². The number of nitrogens with zero attached hydrogens (tertiary/aromatic N) is 2. The van der Waals surface area contributed by atoms with Crippen molar-refractivity contribution in [3.63, 3.8) is 0 Å². The molecule has 0 amide bonds. The maximum Gasteiger partial charge on any atom is 0.185 e. The van der Waals surface area contributed by atoms with E-state index in [9.17, 15) is 0 Å². The van der Waals surface area contributed by atoms with Crippen molar-refractivity contribution in [3.05, 3.63) is 10.6 Å². The lowest BCUT2D eigenvalue weighted by atomic mass is 10.0. The van der Waals surface area contributed by atoms with Crippen molar-refractivity contribution in [2.24, 2.45) is 0 Å². The van der Waals surface area contributed by atoms with Crippen molar-refractivity contribution in [2.45, 2.75) is 52.6 Å². The Morgan fingerprint density at radius 1 is 1.25 bits per heavy atom. The fourth-order valence-electron chi connectivity index (χ4n) is 2.24. The maximum atomic E-state index is 4.98. The zero-order chi connectivity index (χ0) is 14.5. The zero-order valence-electron chi connectivity index (χ0n) is 13.1. The van der Waals surface area contributed by atoms with Crippen LogP contribution in [0.1, 0.15) is 50.6 Å². The molecule has 1 aliphatic heterocycles. The highest BCUT2D eigenvalue weighted by atomic mass is 32.2. The first-order valence-corrected chi connectivity index (χ1v) is 9.64. The van der Waals surface area contributed by atoms with Crippen LogP contribution >= 0.6 is 23.1 Å². The van der Waals surface area contributed by atoms with E-state index in [2.05, 4.69) is 49.7 Å². The molecular weight excluding hydrogens is 286 g/mol. The number of hydrogen-bond donors (Lipinski definition) is 1. The van der Waals surface area contributed by atoms with Gasteiger partial charge in [-0.2, -0.15) is 11.8 Å². The number of anilines is 1. The summed E-state index contributed by atoms with van der Waals surface area (Å²) in [5.41, 5.74) is 1.32. The number of rotatable bonds is 6. The van der Waals surface area contributed by atoms with E-state index in [0.29, 0.717) is 12.0 Å². The standard InChI is InChI=1S/C15H27N3S2/c1-5-12(4)14-13(10-16-11(2)3)20-15(17-14)18-6-8-19-9-7-18/h11-12,16H,5-10H2,1-4H3. The molecule has 1 fully saturated rings. The molecule has 1 N–H and O–H groups in total. The van der Waals surface area contributed by atoms with E-state index in [-0.39, 0.29) is 0 Å². The summed E-state index contributed by atoms with van der Waals surface area (Å²) in [6.45, 7) is 12.2. The number of thiazole rings is 1. The molecule has 1 aromatic rings. The maximum absolute atomic E-state index is 4.98. The lowest BCUT2D eigenvalue weighted by Gasteiger charge is -2.25. The van der Waals surface area contributed by atoms with Crippen LogP contribution in [0.5, 0.6) is 0 Å². The summed E-state index contributed by atoms with van der Waals surface area (Å²) >= 11 is 3.95. The van der Waals surface area contributed by atoms with E-state index in [0.717, 1.165) is 26.1 Å². The van der Waals surface area contributed by atoms with Crippen LogP contribution in [-0.2, 0) is 6.54 Å². The van der Waals surface area contributed by atoms with Gasteiger partial charge in [0, 0.05) is 42.1 Å². The molecule has 1 unspecified atom stereocenters. The molecule has 20 heavy (non-hydrogen) atoms. The quantitative estimate of drug-likeness (QED) is 0.866. The molecule has 114 valence electrons. The molecule has 1 aliphatic rings. The third kappa shape index (κ3) is 4.12. The SMILES string of the molecule is CCC(C)c1nc(N2CCSCC2)sc1CNC(C)C. The van der Waals surface area contributed by atoms with Crippen LogP contribution in [0.15, 0.2) is 0 Å². The normalized spacial score (nSPS) is 17.8. The molecule has 1 aromatic heterocycles. The molecule has 0 aliphatic carbocycles. The summed E-state index contributed by atoms with van der Waals surface area (Å²) in [5.74, 6) is 3.03. The Balaban J connectivity index is 2.16. The van der Waals surface area contributed by atoms with Crippen molar-refractivity contribution in [3.8, 4) is 0 Å². The summed E-state index contributed by atoms with van der Waals surface area (Å²) in [5, 5.41) is 4.78. The largest absolute Gasteiger partial charge is 0.346 e. The number of hydrogen-bond acceptors (Lipinski definition) is 5. The Kier molecular flexibility index (Phi) is 6.18. The predicted octanol–water partition coefficient (Wildman–Crippen LogP) is 3.71. The fourth-order valence-corrected chi connectivity index (χ4v) is 4.33. The zero-order valence-corrected chi connectivity index (χ0v) is 14.7. The molecule has 0 bridgehead atoms.